The van der Waals surface area contributed by atoms with Crippen LogP contribution in [0.25, 0.3) is 0 Å². The van der Waals surface area contributed by atoms with Crippen LogP contribution in [0.15, 0.2) is 29.2 Å². The molecule has 0 spiro atoms. The van der Waals surface area contributed by atoms with Crippen LogP contribution >= 0.6 is 0 Å². The molecule has 0 saturated carbocycles. The number of aryl methyl sites for hydroxylation is 1. The first-order valence-electron chi connectivity index (χ1n) is 10.1. The molecule has 26 heavy (non-hydrogen) atoms. The molecular weight excluding hydrogens is 346 g/mol. The highest BCUT2D eigenvalue weighted by Gasteiger charge is 2.18. The lowest BCUT2D eigenvalue weighted by molar-refractivity contribution is 0.317. The lowest BCUT2D eigenvalue weighted by Crippen LogP contribution is -2.10. The highest BCUT2D eigenvalue weighted by atomic mass is 32.2. The number of rotatable bonds is 15. The first-order valence-corrected chi connectivity index (χ1v) is 11.5. The molecule has 0 aliphatic carbocycles. The molecule has 1 aromatic carbocycles. The van der Waals surface area contributed by atoms with Gasteiger partial charge in [-0.25, -0.2) is 0 Å². The predicted octanol–water partition coefficient (Wildman–Crippen LogP) is 6.43. The maximum atomic E-state index is 12.3. The normalized spacial score (nSPS) is 11.3. The second kappa shape index (κ2) is 15.2. The van der Waals surface area contributed by atoms with Crippen LogP contribution in [-0.4, -0.2) is 15.0 Å². The Balaban J connectivity index is 0.00000625. The third kappa shape index (κ3) is 10.3. The molecule has 1 rings (SSSR count). The molecule has 5 heteroatoms. The van der Waals surface area contributed by atoms with Crippen LogP contribution in [0.1, 0.15) is 90.0 Å². The maximum absolute atomic E-state index is 12.3. The highest BCUT2D eigenvalue weighted by molar-refractivity contribution is 7.86. The summed E-state index contributed by atoms with van der Waals surface area (Å²) in [5.41, 5.74) is 0.887. The van der Waals surface area contributed by atoms with Gasteiger partial charge in [0.2, 0.25) is 0 Å². The molecule has 0 fully saturated rings. The van der Waals surface area contributed by atoms with E-state index in [9.17, 15) is 8.42 Å². The molecule has 1 aromatic rings. The number of hydrogen-bond donors (Lipinski definition) is 1. The molecular formula is C21H39NO3S. The Hall–Kier alpha value is -0.910. The highest BCUT2D eigenvalue weighted by Crippen LogP contribution is 2.21. The molecule has 0 aromatic heterocycles. The number of hydrogen-bond acceptors (Lipinski definition) is 4. The fourth-order valence-corrected chi connectivity index (χ4v) is 4.26. The van der Waals surface area contributed by atoms with E-state index in [1.165, 1.54) is 57.8 Å². The van der Waals surface area contributed by atoms with Crippen LogP contribution in [-0.2, 0) is 20.7 Å². The van der Waals surface area contributed by atoms with Crippen molar-refractivity contribution in [3.63, 3.8) is 0 Å². The predicted molar refractivity (Wildman–Crippen MR) is 110 cm³/mol. The maximum Gasteiger partial charge on any atom is 0.297 e. The van der Waals surface area contributed by atoms with Crippen LogP contribution in [0.4, 0.5) is 0 Å². The van der Waals surface area contributed by atoms with Crippen LogP contribution in [0.2, 0.25) is 0 Å². The molecule has 4 nitrogen and oxygen atoms in total. The van der Waals surface area contributed by atoms with Gasteiger partial charge in [-0.3, -0.25) is 4.18 Å². The molecule has 0 atom stereocenters. The van der Waals surface area contributed by atoms with E-state index in [4.69, 9.17) is 4.18 Å². The summed E-state index contributed by atoms with van der Waals surface area (Å²) in [6.45, 7) is 4.40. The Morgan fingerprint density at radius 2 is 1.31 bits per heavy atom. The van der Waals surface area contributed by atoms with Crippen molar-refractivity contribution in [3.05, 3.63) is 29.8 Å². The zero-order valence-corrected chi connectivity index (χ0v) is 17.7. The van der Waals surface area contributed by atoms with E-state index in [0.29, 0.717) is 11.3 Å². The summed E-state index contributed by atoms with van der Waals surface area (Å²) in [7, 11) is -3.62. The van der Waals surface area contributed by atoms with Crippen LogP contribution in [0, 0.1) is 0 Å². The van der Waals surface area contributed by atoms with E-state index in [-0.39, 0.29) is 12.8 Å². The van der Waals surface area contributed by atoms with Gasteiger partial charge in [-0.2, -0.15) is 8.42 Å². The fourth-order valence-electron chi connectivity index (χ4n) is 3.01. The summed E-state index contributed by atoms with van der Waals surface area (Å²) in [4.78, 5) is 0.347. The van der Waals surface area contributed by atoms with Gasteiger partial charge in [-0.05, 0) is 30.9 Å². The van der Waals surface area contributed by atoms with E-state index in [2.05, 4.69) is 6.92 Å². The lowest BCUT2D eigenvalue weighted by atomic mass is 10.0. The van der Waals surface area contributed by atoms with Gasteiger partial charge >= 0.3 is 0 Å². The van der Waals surface area contributed by atoms with Crippen molar-refractivity contribution in [2.45, 2.75) is 95.8 Å². The van der Waals surface area contributed by atoms with Crippen molar-refractivity contribution in [1.82, 2.24) is 6.15 Å². The van der Waals surface area contributed by atoms with Gasteiger partial charge in [0.05, 0.1) is 11.5 Å². The smallest absolute Gasteiger partial charge is 0.297 e. The molecule has 0 aliphatic rings. The quantitative estimate of drug-likeness (QED) is 0.279. The zero-order chi connectivity index (χ0) is 18.4. The van der Waals surface area contributed by atoms with E-state index < -0.39 is 10.1 Å². The first-order chi connectivity index (χ1) is 12.1. The molecule has 0 aliphatic heterocycles. The summed E-state index contributed by atoms with van der Waals surface area (Å²) in [5.74, 6) is 0. The number of unbranched alkanes of at least 4 members (excludes halogenated alkanes) is 9. The van der Waals surface area contributed by atoms with Gasteiger partial charge in [-0.15, -0.1) is 0 Å². The SMILES string of the molecule is CCCCCCCCCCCCc1ccccc1S(=O)(=O)OCCC.N. The molecule has 0 bridgehead atoms. The topological polar surface area (TPSA) is 78.4 Å². The van der Waals surface area contributed by atoms with Gasteiger partial charge in [-0.1, -0.05) is 89.8 Å². The fraction of sp³-hybridized carbons (Fsp3) is 0.714. The van der Waals surface area contributed by atoms with Crippen LogP contribution in [0.3, 0.4) is 0 Å². The minimum atomic E-state index is -3.62. The molecule has 0 radical (unpaired) electrons. The minimum Gasteiger partial charge on any atom is -0.344 e. The lowest BCUT2D eigenvalue weighted by Gasteiger charge is -2.10. The summed E-state index contributed by atoms with van der Waals surface area (Å²) in [6, 6.07) is 7.25. The second-order valence-corrected chi connectivity index (χ2v) is 8.40. The Morgan fingerprint density at radius 3 is 1.88 bits per heavy atom. The van der Waals surface area contributed by atoms with Crippen molar-refractivity contribution in [3.8, 4) is 0 Å². The van der Waals surface area contributed by atoms with Gasteiger partial charge in [0, 0.05) is 0 Å². The van der Waals surface area contributed by atoms with Gasteiger partial charge in [0.15, 0.2) is 0 Å². The Bertz CT molecular complexity index is 558. The molecule has 3 N–H and O–H groups in total. The van der Waals surface area contributed by atoms with E-state index in [0.717, 1.165) is 18.4 Å². The van der Waals surface area contributed by atoms with Gasteiger partial charge in [0.1, 0.15) is 0 Å². The van der Waals surface area contributed by atoms with Crippen molar-refractivity contribution in [2.75, 3.05) is 6.61 Å². The van der Waals surface area contributed by atoms with Crippen molar-refractivity contribution < 1.29 is 12.6 Å². The van der Waals surface area contributed by atoms with Crippen molar-refractivity contribution in [1.29, 1.82) is 0 Å². The van der Waals surface area contributed by atoms with Crippen LogP contribution in [0.5, 0.6) is 0 Å². The largest absolute Gasteiger partial charge is 0.344 e. The van der Waals surface area contributed by atoms with Crippen molar-refractivity contribution in [2.24, 2.45) is 0 Å². The van der Waals surface area contributed by atoms with E-state index in [1.807, 2.05) is 19.1 Å². The second-order valence-electron chi connectivity index (χ2n) is 6.82. The van der Waals surface area contributed by atoms with Crippen LogP contribution < -0.4 is 6.15 Å². The molecule has 0 unspecified atom stereocenters. The van der Waals surface area contributed by atoms with Gasteiger partial charge < -0.3 is 6.15 Å². The average molecular weight is 386 g/mol. The summed E-state index contributed by atoms with van der Waals surface area (Å²) >= 11 is 0. The standard InChI is InChI=1S/C21H36O3S.H3N/c1-3-5-6-7-8-9-10-11-12-13-16-20-17-14-15-18-21(20)25(22,23)24-19-4-2;/h14-15,17-18H,3-13,16,19H2,1-2H3;1H3. The van der Waals surface area contributed by atoms with Gasteiger partial charge in [0.25, 0.3) is 10.1 Å². The minimum absolute atomic E-state index is 0. The summed E-state index contributed by atoms with van der Waals surface area (Å²) in [5, 5.41) is 0. The Morgan fingerprint density at radius 1 is 0.769 bits per heavy atom. The monoisotopic (exact) mass is 385 g/mol. The summed E-state index contributed by atoms with van der Waals surface area (Å²) in [6.07, 6.45) is 14.4. The molecule has 0 amide bonds. The molecule has 0 saturated heterocycles. The zero-order valence-electron chi connectivity index (χ0n) is 16.8. The molecule has 0 heterocycles. The van der Waals surface area contributed by atoms with E-state index in [1.54, 1.807) is 12.1 Å². The Labute approximate surface area is 161 Å². The Kier molecular flexibility index (Phi) is 14.6. The van der Waals surface area contributed by atoms with E-state index >= 15 is 0 Å². The average Bonchev–Trinajstić information content (AvgIpc) is 2.62. The molecule has 152 valence electrons. The summed E-state index contributed by atoms with van der Waals surface area (Å²) < 4.78 is 29.6. The third-order valence-corrected chi connectivity index (χ3v) is 5.90. The number of benzene rings is 1. The van der Waals surface area contributed by atoms with Crippen molar-refractivity contribution >= 4 is 10.1 Å². The first kappa shape index (κ1) is 25.1. The third-order valence-electron chi connectivity index (χ3n) is 4.48.